The molecule has 0 saturated carbocycles. The predicted molar refractivity (Wildman–Crippen MR) is 22.5 cm³/mol. The summed E-state index contributed by atoms with van der Waals surface area (Å²) in [7, 11) is -4.64. The van der Waals surface area contributed by atoms with Crippen molar-refractivity contribution >= 4 is 18.8 Å². The zero-order valence-corrected chi connectivity index (χ0v) is 5.00. The summed E-state index contributed by atoms with van der Waals surface area (Å²) >= 11 is 0. The van der Waals surface area contributed by atoms with Crippen LogP contribution in [0.25, 0.3) is 0 Å². The SMILES string of the molecule is F.O=P(O)(O)O.[Si]. The standard InChI is InChI=1S/FH.H3O4P.Si/c;1-5(2,3)4;/h1H;(H3,1,2,3,4);. The molecule has 0 atom stereocenters. The zero-order valence-electron chi connectivity index (χ0n) is 3.11. The van der Waals surface area contributed by atoms with Gasteiger partial charge in [0.25, 0.3) is 0 Å². The van der Waals surface area contributed by atoms with Gasteiger partial charge in [0, 0.05) is 11.0 Å². The third-order valence-electron chi connectivity index (χ3n) is 0. The molecule has 4 nitrogen and oxygen atoms in total. The molecule has 0 heterocycles. The largest absolute Gasteiger partial charge is 0.466 e. The number of rotatable bonds is 0. The van der Waals surface area contributed by atoms with Crippen LogP contribution in [-0.4, -0.2) is 25.6 Å². The van der Waals surface area contributed by atoms with E-state index in [1.54, 1.807) is 0 Å². The van der Waals surface area contributed by atoms with E-state index < -0.39 is 7.82 Å². The van der Waals surface area contributed by atoms with Crippen LogP contribution in [0.1, 0.15) is 0 Å². The molecule has 7 heteroatoms. The van der Waals surface area contributed by atoms with Crippen molar-refractivity contribution in [2.75, 3.05) is 0 Å². The topological polar surface area (TPSA) is 77.8 Å². The molecule has 0 unspecified atom stereocenters. The van der Waals surface area contributed by atoms with Crippen molar-refractivity contribution in [1.82, 2.24) is 0 Å². The molecule has 44 valence electrons. The fraction of sp³-hybridized carbons (Fsp3) is 0. The lowest BCUT2D eigenvalue weighted by atomic mass is 15.8. The van der Waals surface area contributed by atoms with Gasteiger partial charge in [-0.05, 0) is 0 Å². The third kappa shape index (κ3) is 1720. The first-order valence-corrected chi connectivity index (χ1v) is 2.35. The average Bonchev–Trinajstić information content (AvgIpc) is 0.722. The molecule has 0 aliphatic carbocycles. The van der Waals surface area contributed by atoms with E-state index in [1.165, 1.54) is 0 Å². The van der Waals surface area contributed by atoms with Crippen LogP contribution in [0.2, 0.25) is 0 Å². The fourth-order valence-corrected chi connectivity index (χ4v) is 0. The van der Waals surface area contributed by atoms with Gasteiger partial charge >= 0.3 is 7.82 Å². The Morgan fingerprint density at radius 1 is 1.14 bits per heavy atom. The third-order valence-corrected chi connectivity index (χ3v) is 0. The Balaban J connectivity index is -0.0000000800. The maximum Gasteiger partial charge on any atom is 0.466 e. The van der Waals surface area contributed by atoms with Crippen molar-refractivity contribution in [2.24, 2.45) is 0 Å². The van der Waals surface area contributed by atoms with Crippen LogP contribution in [-0.2, 0) is 4.57 Å². The Labute approximate surface area is 43.8 Å². The molecular formula is H4FO4PSi. The van der Waals surface area contributed by atoms with Crippen molar-refractivity contribution in [2.45, 2.75) is 0 Å². The van der Waals surface area contributed by atoms with Gasteiger partial charge in [0.15, 0.2) is 0 Å². The van der Waals surface area contributed by atoms with Crippen LogP contribution in [0.4, 0.5) is 4.70 Å². The molecule has 0 saturated heterocycles. The molecule has 0 fully saturated rings. The molecule has 0 rings (SSSR count). The van der Waals surface area contributed by atoms with Gasteiger partial charge in [0.1, 0.15) is 0 Å². The summed E-state index contributed by atoms with van der Waals surface area (Å²) in [5.74, 6) is 0. The second kappa shape index (κ2) is 4.42. The molecule has 3 N–H and O–H groups in total. The summed E-state index contributed by atoms with van der Waals surface area (Å²) in [6.45, 7) is 0. The van der Waals surface area contributed by atoms with Gasteiger partial charge in [-0.15, -0.1) is 0 Å². The average molecular weight is 146 g/mol. The maximum absolute atomic E-state index is 8.88. The number of halogens is 1. The Morgan fingerprint density at radius 2 is 1.14 bits per heavy atom. The van der Waals surface area contributed by atoms with Crippen molar-refractivity contribution in [3.63, 3.8) is 0 Å². The molecule has 4 radical (unpaired) electrons. The highest BCUT2D eigenvalue weighted by Crippen LogP contribution is 2.25. The highest BCUT2D eigenvalue weighted by molar-refractivity contribution is 7.45. The highest BCUT2D eigenvalue weighted by Gasteiger charge is 2.00. The molecule has 0 amide bonds. The zero-order chi connectivity index (χ0) is 4.50. The Kier molecular flexibility index (Phi) is 9.89. The Morgan fingerprint density at radius 3 is 1.14 bits per heavy atom. The molecular weight excluding hydrogens is 142 g/mol. The van der Waals surface area contributed by atoms with Gasteiger partial charge in [-0.25, -0.2) is 4.57 Å². The van der Waals surface area contributed by atoms with Crippen molar-refractivity contribution in [3.05, 3.63) is 0 Å². The lowest BCUT2D eigenvalue weighted by Crippen LogP contribution is -1.66. The van der Waals surface area contributed by atoms with Crippen LogP contribution in [0.5, 0.6) is 0 Å². The highest BCUT2D eigenvalue weighted by atomic mass is 31.2. The second-order valence-electron chi connectivity index (χ2n) is 0.513. The summed E-state index contributed by atoms with van der Waals surface area (Å²) < 4.78 is 8.88. The van der Waals surface area contributed by atoms with Crippen molar-refractivity contribution < 1.29 is 23.9 Å². The summed E-state index contributed by atoms with van der Waals surface area (Å²) in [5.41, 5.74) is 0. The molecule has 0 spiro atoms. The minimum Gasteiger partial charge on any atom is -0.303 e. The lowest BCUT2D eigenvalue weighted by Gasteiger charge is -1.82. The van der Waals surface area contributed by atoms with Crippen LogP contribution >= 0.6 is 7.82 Å². The van der Waals surface area contributed by atoms with Gasteiger partial charge in [-0.2, -0.15) is 0 Å². The quantitative estimate of drug-likeness (QED) is 0.297. The number of hydrogen-bond donors (Lipinski definition) is 3. The minimum atomic E-state index is -4.64. The van der Waals surface area contributed by atoms with E-state index in [2.05, 4.69) is 0 Å². The van der Waals surface area contributed by atoms with E-state index in [4.69, 9.17) is 19.2 Å². The van der Waals surface area contributed by atoms with E-state index >= 15 is 0 Å². The van der Waals surface area contributed by atoms with E-state index in [1.807, 2.05) is 0 Å². The van der Waals surface area contributed by atoms with Crippen molar-refractivity contribution in [1.29, 1.82) is 0 Å². The normalized spacial score (nSPS) is 8.43. The van der Waals surface area contributed by atoms with Gasteiger partial charge in [0.05, 0.1) is 0 Å². The van der Waals surface area contributed by atoms with Crippen LogP contribution in [0, 0.1) is 0 Å². The van der Waals surface area contributed by atoms with Gasteiger partial charge in [-0.3, -0.25) is 4.70 Å². The summed E-state index contributed by atoms with van der Waals surface area (Å²) in [5, 5.41) is 0. The first kappa shape index (κ1) is 15.7. The van der Waals surface area contributed by atoms with E-state index in [0.29, 0.717) is 0 Å². The minimum absolute atomic E-state index is 0. The van der Waals surface area contributed by atoms with Gasteiger partial charge < -0.3 is 14.7 Å². The Bertz CT molecular complexity index is 57.8. The van der Waals surface area contributed by atoms with Crippen LogP contribution in [0.15, 0.2) is 0 Å². The maximum atomic E-state index is 8.88. The molecule has 0 aromatic heterocycles. The summed E-state index contributed by atoms with van der Waals surface area (Å²) in [4.78, 5) is 21.6. The lowest BCUT2D eigenvalue weighted by molar-refractivity contribution is 0.275. The van der Waals surface area contributed by atoms with E-state index in [0.717, 1.165) is 0 Å². The predicted octanol–water partition coefficient (Wildman–Crippen LogP) is -1.16. The molecule has 0 aromatic rings. The molecule has 0 bridgehead atoms. The van der Waals surface area contributed by atoms with Crippen LogP contribution < -0.4 is 0 Å². The molecule has 0 aliphatic rings. The summed E-state index contributed by atoms with van der Waals surface area (Å²) in [6, 6.07) is 0. The van der Waals surface area contributed by atoms with Gasteiger partial charge in [-0.1, -0.05) is 0 Å². The van der Waals surface area contributed by atoms with Crippen LogP contribution in [0.3, 0.4) is 0 Å². The molecule has 0 aliphatic heterocycles. The Hall–Kier alpha value is 0.257. The monoisotopic (exact) mass is 146 g/mol. The second-order valence-corrected chi connectivity index (χ2v) is 1.54. The first-order chi connectivity index (χ1) is 2.00. The summed E-state index contributed by atoms with van der Waals surface area (Å²) in [6.07, 6.45) is 0. The van der Waals surface area contributed by atoms with Crippen molar-refractivity contribution in [3.8, 4) is 0 Å². The fourth-order valence-electron chi connectivity index (χ4n) is 0. The first-order valence-electron chi connectivity index (χ1n) is 0.783. The smallest absolute Gasteiger partial charge is 0.303 e. The molecule has 7 heavy (non-hydrogen) atoms. The number of hydrogen-bond acceptors (Lipinski definition) is 1. The van der Waals surface area contributed by atoms with E-state index in [-0.39, 0.29) is 15.7 Å². The number of phosphoric acid groups is 1. The molecule has 0 aromatic carbocycles. The van der Waals surface area contributed by atoms with Gasteiger partial charge in [0.2, 0.25) is 0 Å². The van der Waals surface area contributed by atoms with E-state index in [9.17, 15) is 0 Å².